The fourth-order valence-electron chi connectivity index (χ4n) is 1.91. The van der Waals surface area contributed by atoms with Gasteiger partial charge in [0.25, 0.3) is 0 Å². The summed E-state index contributed by atoms with van der Waals surface area (Å²) in [7, 11) is 0. The third-order valence-electron chi connectivity index (χ3n) is 2.99. The topological polar surface area (TPSA) is 17.8 Å². The van der Waals surface area contributed by atoms with E-state index in [4.69, 9.17) is 0 Å². The van der Waals surface area contributed by atoms with Crippen molar-refractivity contribution in [3.05, 3.63) is 18.0 Å². The molecule has 0 aliphatic carbocycles. The quantitative estimate of drug-likeness (QED) is 0.717. The van der Waals surface area contributed by atoms with Gasteiger partial charge in [-0.25, -0.2) is 0 Å². The highest BCUT2D eigenvalue weighted by Crippen LogP contribution is 2.17. The van der Waals surface area contributed by atoms with Crippen LogP contribution in [0.3, 0.4) is 0 Å². The first-order valence-corrected chi connectivity index (χ1v) is 7.12. The Kier molecular flexibility index (Phi) is 5.53. The molecule has 0 N–H and O–H groups in total. The first-order chi connectivity index (χ1) is 7.52. The summed E-state index contributed by atoms with van der Waals surface area (Å²) in [5, 5.41) is 4.63. The summed E-state index contributed by atoms with van der Waals surface area (Å²) in [6, 6.07) is 2.67. The first kappa shape index (κ1) is 13.8. The van der Waals surface area contributed by atoms with Crippen LogP contribution in [0.1, 0.15) is 52.3 Å². The normalized spacial score (nSPS) is 17.1. The van der Waals surface area contributed by atoms with Crippen LogP contribution in [-0.4, -0.2) is 14.6 Å². The van der Waals surface area contributed by atoms with Crippen LogP contribution in [0.2, 0.25) is 0 Å². The lowest BCUT2D eigenvalue weighted by atomic mass is 10.0. The number of alkyl halides is 1. The Labute approximate surface area is 108 Å². The van der Waals surface area contributed by atoms with E-state index >= 15 is 0 Å². The molecule has 0 radical (unpaired) electrons. The van der Waals surface area contributed by atoms with Crippen LogP contribution in [0, 0.1) is 5.92 Å². The number of hydrogen-bond acceptors (Lipinski definition) is 1. The van der Waals surface area contributed by atoms with Gasteiger partial charge in [-0.2, -0.15) is 5.10 Å². The maximum absolute atomic E-state index is 4.63. The second-order valence-corrected chi connectivity index (χ2v) is 6.43. The summed E-state index contributed by atoms with van der Waals surface area (Å²) in [6.07, 6.45) is 5.53. The van der Waals surface area contributed by atoms with E-state index in [1.54, 1.807) is 0 Å². The van der Waals surface area contributed by atoms with Gasteiger partial charge in [0, 0.05) is 17.1 Å². The Balaban J connectivity index is 2.51. The van der Waals surface area contributed by atoms with E-state index in [-0.39, 0.29) is 0 Å². The van der Waals surface area contributed by atoms with E-state index in [0.717, 1.165) is 12.8 Å². The van der Waals surface area contributed by atoms with Crippen LogP contribution < -0.4 is 0 Å². The van der Waals surface area contributed by atoms with Gasteiger partial charge in [0.2, 0.25) is 0 Å². The highest BCUT2D eigenvalue weighted by atomic mass is 79.9. The van der Waals surface area contributed by atoms with Gasteiger partial charge < -0.3 is 0 Å². The molecule has 0 aliphatic heterocycles. The Morgan fingerprint density at radius 2 is 2.06 bits per heavy atom. The minimum absolute atomic E-state index is 0.513. The smallest absolute Gasteiger partial charge is 0.0627 e. The third-order valence-corrected chi connectivity index (χ3v) is 3.36. The van der Waals surface area contributed by atoms with E-state index in [1.807, 2.05) is 0 Å². The monoisotopic (exact) mass is 286 g/mol. The molecule has 1 rings (SSSR count). The molecule has 0 amide bonds. The fraction of sp³-hybridized carbons (Fsp3) is 0.769. The Hall–Kier alpha value is -0.310. The molecule has 1 heterocycles. The maximum Gasteiger partial charge on any atom is 0.0627 e. The number of hydrogen-bond donors (Lipinski definition) is 0. The molecule has 2 nitrogen and oxygen atoms in total. The lowest BCUT2D eigenvalue weighted by Crippen LogP contribution is -2.08. The second kappa shape index (κ2) is 6.43. The predicted molar refractivity (Wildman–Crippen MR) is 73.1 cm³/mol. The van der Waals surface area contributed by atoms with Crippen LogP contribution in [0.4, 0.5) is 0 Å². The molecule has 1 aromatic heterocycles. The molecule has 0 saturated carbocycles. The summed E-state index contributed by atoms with van der Waals surface area (Å²) in [6.45, 7) is 8.90. The lowest BCUT2D eigenvalue weighted by molar-refractivity contribution is 0.463. The average molecular weight is 287 g/mol. The zero-order valence-electron chi connectivity index (χ0n) is 10.8. The Morgan fingerprint density at radius 1 is 1.38 bits per heavy atom. The number of halogens is 1. The summed E-state index contributed by atoms with van der Waals surface area (Å²) >= 11 is 3.60. The van der Waals surface area contributed by atoms with E-state index in [2.05, 4.69) is 65.7 Å². The molecular formula is C13H23BrN2. The third kappa shape index (κ3) is 4.28. The molecule has 0 bridgehead atoms. The molecule has 3 unspecified atom stereocenters. The maximum atomic E-state index is 4.63. The van der Waals surface area contributed by atoms with Gasteiger partial charge in [-0.15, -0.1) is 0 Å². The van der Waals surface area contributed by atoms with Crippen LogP contribution in [0.25, 0.3) is 0 Å². The first-order valence-electron chi connectivity index (χ1n) is 6.21. The summed E-state index contributed by atoms with van der Waals surface area (Å²) in [5.74, 6) is 0.689. The van der Waals surface area contributed by atoms with Crippen molar-refractivity contribution < 1.29 is 0 Å². The van der Waals surface area contributed by atoms with Gasteiger partial charge in [-0.05, 0) is 38.2 Å². The molecule has 0 aliphatic rings. The summed E-state index contributed by atoms with van der Waals surface area (Å²) in [4.78, 5) is 0.596. The molecule has 0 saturated heterocycles. The number of rotatable bonds is 6. The van der Waals surface area contributed by atoms with Gasteiger partial charge >= 0.3 is 0 Å². The lowest BCUT2D eigenvalue weighted by Gasteiger charge is -2.11. The van der Waals surface area contributed by atoms with Gasteiger partial charge in [0.05, 0.1) is 5.69 Å². The van der Waals surface area contributed by atoms with Gasteiger partial charge in [0.15, 0.2) is 0 Å². The van der Waals surface area contributed by atoms with Crippen molar-refractivity contribution in [3.8, 4) is 0 Å². The molecule has 16 heavy (non-hydrogen) atoms. The zero-order valence-corrected chi connectivity index (χ0v) is 12.4. The SMILES string of the molecule is CCC(C)n1ccc(CC(C)CC(C)Br)n1. The minimum atomic E-state index is 0.513. The standard InChI is InChI=1S/C13H23BrN2/c1-5-12(4)16-7-6-13(15-16)9-10(2)8-11(3)14/h6-7,10-12H,5,8-9H2,1-4H3. The highest BCUT2D eigenvalue weighted by Gasteiger charge is 2.10. The van der Waals surface area contributed by atoms with Crippen LogP contribution >= 0.6 is 15.9 Å². The molecule has 0 aromatic carbocycles. The number of aromatic nitrogens is 2. The average Bonchev–Trinajstić information content (AvgIpc) is 2.63. The minimum Gasteiger partial charge on any atom is -0.270 e. The molecule has 92 valence electrons. The zero-order chi connectivity index (χ0) is 12.1. The second-order valence-electron chi connectivity index (χ2n) is 4.87. The molecule has 3 atom stereocenters. The largest absolute Gasteiger partial charge is 0.270 e. The van der Waals surface area contributed by atoms with Crippen LogP contribution in [0.15, 0.2) is 12.3 Å². The number of nitrogens with zero attached hydrogens (tertiary/aromatic N) is 2. The van der Waals surface area contributed by atoms with Crippen molar-refractivity contribution in [2.75, 3.05) is 0 Å². The van der Waals surface area contributed by atoms with Crippen molar-refractivity contribution in [1.29, 1.82) is 0 Å². The summed E-state index contributed by atoms with van der Waals surface area (Å²) < 4.78 is 2.08. The predicted octanol–water partition coefficient (Wildman–Crippen LogP) is 4.21. The Bertz CT molecular complexity index is 307. The molecular weight excluding hydrogens is 264 g/mol. The highest BCUT2D eigenvalue weighted by molar-refractivity contribution is 9.09. The molecule has 3 heteroatoms. The molecule has 0 spiro atoms. The van der Waals surface area contributed by atoms with Gasteiger partial charge in [-0.1, -0.05) is 36.7 Å². The Morgan fingerprint density at radius 3 is 2.62 bits per heavy atom. The molecule has 1 aromatic rings. The van der Waals surface area contributed by atoms with Crippen LogP contribution in [-0.2, 0) is 6.42 Å². The molecule has 0 fully saturated rings. The van der Waals surface area contributed by atoms with E-state index < -0.39 is 0 Å². The van der Waals surface area contributed by atoms with Crippen molar-refractivity contribution in [3.63, 3.8) is 0 Å². The van der Waals surface area contributed by atoms with Crippen LogP contribution in [0.5, 0.6) is 0 Å². The van der Waals surface area contributed by atoms with Crippen molar-refractivity contribution in [2.45, 2.75) is 57.8 Å². The fourth-order valence-corrected chi connectivity index (χ4v) is 2.55. The van der Waals surface area contributed by atoms with E-state index in [0.29, 0.717) is 16.8 Å². The van der Waals surface area contributed by atoms with Crippen molar-refractivity contribution in [2.24, 2.45) is 5.92 Å². The van der Waals surface area contributed by atoms with Gasteiger partial charge in [0.1, 0.15) is 0 Å². The summed E-state index contributed by atoms with van der Waals surface area (Å²) in [5.41, 5.74) is 1.22. The van der Waals surface area contributed by atoms with E-state index in [1.165, 1.54) is 12.1 Å². The van der Waals surface area contributed by atoms with E-state index in [9.17, 15) is 0 Å². The van der Waals surface area contributed by atoms with Crippen molar-refractivity contribution >= 4 is 15.9 Å². The van der Waals surface area contributed by atoms with Gasteiger partial charge in [-0.3, -0.25) is 4.68 Å². The van der Waals surface area contributed by atoms with Crippen molar-refractivity contribution in [1.82, 2.24) is 9.78 Å².